The summed E-state index contributed by atoms with van der Waals surface area (Å²) in [4.78, 5) is 9.55. The molecule has 90 valence electrons. The molecule has 17 heavy (non-hydrogen) atoms. The average Bonchev–Trinajstić information content (AvgIpc) is 2.62. The van der Waals surface area contributed by atoms with Crippen LogP contribution in [0.1, 0.15) is 25.3 Å². The summed E-state index contributed by atoms with van der Waals surface area (Å²) in [6.07, 6.45) is 0. The molecule has 0 atom stereocenters. The second kappa shape index (κ2) is 5.22. The van der Waals surface area contributed by atoms with Crippen LogP contribution in [0.3, 0.4) is 0 Å². The van der Waals surface area contributed by atoms with E-state index in [1.165, 1.54) is 0 Å². The van der Waals surface area contributed by atoms with E-state index in [9.17, 15) is 0 Å². The van der Waals surface area contributed by atoms with Crippen LogP contribution in [0.25, 0.3) is 10.7 Å². The Hall–Kier alpha value is -0.160. The Morgan fingerprint density at radius 1 is 1.24 bits per heavy atom. The maximum atomic E-state index is 6.15. The third-order valence-corrected chi connectivity index (χ3v) is 4.66. The van der Waals surface area contributed by atoms with Crippen molar-refractivity contribution in [3.05, 3.63) is 31.8 Å². The molecule has 0 radical (unpaired) electrons. The molecule has 2 nitrogen and oxygen atoms in total. The van der Waals surface area contributed by atoms with Crippen molar-refractivity contribution in [1.29, 1.82) is 0 Å². The molecule has 0 aliphatic heterocycles. The van der Waals surface area contributed by atoms with Crippen molar-refractivity contribution in [2.75, 3.05) is 0 Å². The van der Waals surface area contributed by atoms with Crippen molar-refractivity contribution in [2.24, 2.45) is 0 Å². The second-order valence-electron chi connectivity index (χ2n) is 3.79. The Morgan fingerprint density at radius 3 is 2.24 bits per heavy atom. The summed E-state index contributed by atoms with van der Waals surface area (Å²) in [6.45, 7) is 4.02. The van der Waals surface area contributed by atoms with Crippen LogP contribution in [-0.4, -0.2) is 9.97 Å². The van der Waals surface area contributed by atoms with Gasteiger partial charge in [-0.2, -0.15) is 0 Å². The predicted molar refractivity (Wildman–Crippen MR) is 77.2 cm³/mol. The quantitative estimate of drug-likeness (QED) is 0.677. The first kappa shape index (κ1) is 13.3. The van der Waals surface area contributed by atoms with Gasteiger partial charge in [-0.15, -0.1) is 11.3 Å². The Morgan fingerprint density at radius 2 is 1.82 bits per heavy atom. The highest BCUT2D eigenvalue weighted by molar-refractivity contribution is 9.10. The van der Waals surface area contributed by atoms with Crippen molar-refractivity contribution in [1.82, 2.24) is 9.97 Å². The lowest BCUT2D eigenvalue weighted by molar-refractivity contribution is 0.848. The van der Waals surface area contributed by atoms with Gasteiger partial charge >= 0.3 is 0 Å². The molecule has 0 aliphatic rings. The van der Waals surface area contributed by atoms with Crippen LogP contribution >= 0.6 is 50.5 Å². The molecule has 0 N–H and O–H groups in total. The van der Waals surface area contributed by atoms with E-state index in [4.69, 9.17) is 23.2 Å². The molecule has 0 bridgehead atoms. The predicted octanol–water partition coefficient (Wildman–Crippen LogP) is 5.40. The lowest BCUT2D eigenvalue weighted by Crippen LogP contribution is -1.98. The molecule has 6 heteroatoms. The van der Waals surface area contributed by atoms with Crippen molar-refractivity contribution >= 4 is 50.5 Å². The zero-order valence-electron chi connectivity index (χ0n) is 9.17. The van der Waals surface area contributed by atoms with Gasteiger partial charge in [-0.1, -0.05) is 37.0 Å². The normalized spacial score (nSPS) is 11.2. The summed E-state index contributed by atoms with van der Waals surface area (Å²) in [5, 5.41) is 2.81. The lowest BCUT2D eigenvalue weighted by Gasteiger charge is -2.10. The molecule has 2 rings (SSSR count). The van der Waals surface area contributed by atoms with Gasteiger partial charge in [-0.05, 0) is 33.3 Å². The largest absolute Gasteiger partial charge is 0.215 e. The van der Waals surface area contributed by atoms with Crippen LogP contribution in [-0.2, 0) is 0 Å². The van der Waals surface area contributed by atoms with Crippen LogP contribution in [0, 0.1) is 0 Å². The topological polar surface area (TPSA) is 25.8 Å². The summed E-state index contributed by atoms with van der Waals surface area (Å²) in [6, 6.07) is 1.95. The maximum absolute atomic E-state index is 6.15. The summed E-state index contributed by atoms with van der Waals surface area (Å²) >= 11 is 17.3. The fourth-order valence-electron chi connectivity index (χ4n) is 1.45. The molecule has 2 heterocycles. The molecule has 2 aromatic heterocycles. The Balaban J connectivity index is 2.57. The fraction of sp³-hybridized carbons (Fsp3) is 0.273. The molecule has 0 unspecified atom stereocenters. The van der Waals surface area contributed by atoms with Gasteiger partial charge in [0.15, 0.2) is 5.82 Å². The molecule has 0 fully saturated rings. The number of aromatic nitrogens is 2. The van der Waals surface area contributed by atoms with Crippen molar-refractivity contribution < 1.29 is 0 Å². The van der Waals surface area contributed by atoms with E-state index in [1.807, 2.05) is 25.3 Å². The van der Waals surface area contributed by atoms with E-state index < -0.39 is 0 Å². The number of hydrogen-bond donors (Lipinski definition) is 0. The highest BCUT2D eigenvalue weighted by atomic mass is 79.9. The highest BCUT2D eigenvalue weighted by Gasteiger charge is 2.17. The molecule has 0 saturated heterocycles. The van der Waals surface area contributed by atoms with Crippen molar-refractivity contribution in [2.45, 2.75) is 19.8 Å². The zero-order chi connectivity index (χ0) is 12.6. The van der Waals surface area contributed by atoms with E-state index in [-0.39, 0.29) is 5.92 Å². The van der Waals surface area contributed by atoms with Crippen LogP contribution in [0.4, 0.5) is 0 Å². The minimum absolute atomic E-state index is 0.204. The van der Waals surface area contributed by atoms with Crippen LogP contribution in [0.5, 0.6) is 0 Å². The zero-order valence-corrected chi connectivity index (χ0v) is 13.1. The number of hydrogen-bond acceptors (Lipinski definition) is 3. The molecule has 0 aliphatic carbocycles. The summed E-state index contributed by atoms with van der Waals surface area (Å²) < 4.78 is 0.951. The van der Waals surface area contributed by atoms with Gasteiger partial charge in [0.25, 0.3) is 0 Å². The summed E-state index contributed by atoms with van der Waals surface area (Å²) in [5.74, 6) is 0.766. The molecule has 0 saturated carbocycles. The van der Waals surface area contributed by atoms with Gasteiger partial charge in [-0.3, -0.25) is 0 Å². The van der Waals surface area contributed by atoms with Crippen molar-refractivity contribution in [3.8, 4) is 10.7 Å². The first-order valence-electron chi connectivity index (χ1n) is 4.97. The van der Waals surface area contributed by atoms with Gasteiger partial charge in [0.05, 0.1) is 4.88 Å². The van der Waals surface area contributed by atoms with Gasteiger partial charge in [0.1, 0.15) is 10.3 Å². The van der Waals surface area contributed by atoms with Gasteiger partial charge in [0.2, 0.25) is 0 Å². The Kier molecular flexibility index (Phi) is 4.08. The Bertz CT molecular complexity index is 531. The first-order chi connectivity index (χ1) is 8.00. The first-order valence-corrected chi connectivity index (χ1v) is 7.40. The van der Waals surface area contributed by atoms with Gasteiger partial charge < -0.3 is 0 Å². The van der Waals surface area contributed by atoms with Crippen LogP contribution < -0.4 is 0 Å². The average molecular weight is 352 g/mol. The Labute approximate surface area is 122 Å². The highest BCUT2D eigenvalue weighted by Crippen LogP contribution is 2.35. The third kappa shape index (κ3) is 2.65. The van der Waals surface area contributed by atoms with Crippen molar-refractivity contribution in [3.63, 3.8) is 0 Å². The van der Waals surface area contributed by atoms with Gasteiger partial charge in [-0.25, -0.2) is 9.97 Å². The van der Waals surface area contributed by atoms with E-state index in [2.05, 4.69) is 25.9 Å². The molecule has 0 spiro atoms. The molecule has 0 aromatic carbocycles. The molecular weight excluding hydrogens is 343 g/mol. The number of thiophene rings is 1. The van der Waals surface area contributed by atoms with Crippen LogP contribution in [0.15, 0.2) is 15.9 Å². The van der Waals surface area contributed by atoms with Gasteiger partial charge in [0, 0.05) is 10.0 Å². The van der Waals surface area contributed by atoms with E-state index in [0.29, 0.717) is 16.1 Å². The minimum Gasteiger partial charge on any atom is -0.215 e. The van der Waals surface area contributed by atoms with E-state index in [1.54, 1.807) is 11.3 Å². The summed E-state index contributed by atoms with van der Waals surface area (Å²) in [7, 11) is 0. The number of halogens is 3. The second-order valence-corrected chi connectivity index (χ2v) is 6.28. The monoisotopic (exact) mass is 350 g/mol. The SMILES string of the molecule is CC(C)c1c(Cl)nc(-c2sccc2Br)nc1Cl. The molecule has 0 amide bonds. The third-order valence-electron chi connectivity index (χ3n) is 2.25. The standard InChI is InChI=1S/C11H9BrCl2N2S/c1-5(2)7-9(13)15-11(16-10(7)14)8-6(12)3-4-17-8/h3-5H,1-2H3. The fourth-order valence-corrected chi connectivity index (χ4v) is 3.75. The summed E-state index contributed by atoms with van der Waals surface area (Å²) in [5.41, 5.74) is 0.796. The minimum atomic E-state index is 0.204. The maximum Gasteiger partial charge on any atom is 0.173 e. The van der Waals surface area contributed by atoms with E-state index >= 15 is 0 Å². The van der Waals surface area contributed by atoms with Crippen LogP contribution in [0.2, 0.25) is 10.3 Å². The number of rotatable bonds is 2. The lowest BCUT2D eigenvalue weighted by atomic mass is 10.1. The number of nitrogens with zero attached hydrogens (tertiary/aromatic N) is 2. The smallest absolute Gasteiger partial charge is 0.173 e. The van der Waals surface area contributed by atoms with E-state index in [0.717, 1.165) is 14.9 Å². The molecule has 2 aromatic rings. The molecular formula is C11H9BrCl2N2S.